The molecule has 0 unspecified atom stereocenters. The van der Waals surface area contributed by atoms with E-state index in [0.29, 0.717) is 5.65 Å². The first-order valence-electron chi connectivity index (χ1n) is 10.2. The van der Waals surface area contributed by atoms with E-state index in [9.17, 15) is 0 Å². The first kappa shape index (κ1) is 18.4. The predicted octanol–water partition coefficient (Wildman–Crippen LogP) is 5.02. The molecule has 0 amide bonds. The molecule has 1 aromatic carbocycles. The maximum atomic E-state index is 4.50. The zero-order valence-electron chi connectivity index (χ0n) is 17.2. The summed E-state index contributed by atoms with van der Waals surface area (Å²) in [6.07, 6.45) is 14.2. The van der Waals surface area contributed by atoms with E-state index >= 15 is 0 Å². The fourth-order valence-electron chi connectivity index (χ4n) is 4.24. The summed E-state index contributed by atoms with van der Waals surface area (Å²) < 4.78 is 0. The van der Waals surface area contributed by atoms with E-state index in [4.69, 9.17) is 0 Å². The van der Waals surface area contributed by atoms with Gasteiger partial charge in [0.2, 0.25) is 0 Å². The minimum absolute atomic E-state index is 0.0203. The van der Waals surface area contributed by atoms with Gasteiger partial charge in [-0.25, -0.2) is 15.0 Å². The molecule has 2 aliphatic rings. The molecule has 3 aromatic rings. The van der Waals surface area contributed by atoms with Crippen LogP contribution in [0.4, 0.5) is 5.82 Å². The van der Waals surface area contributed by atoms with Gasteiger partial charge in [0.1, 0.15) is 11.8 Å². The van der Waals surface area contributed by atoms with Crippen molar-refractivity contribution in [2.24, 2.45) is 0 Å². The molecular weight excluding hydrogens is 372 g/mol. The number of hydrogen-bond acceptors (Lipinski definition) is 5. The lowest BCUT2D eigenvalue weighted by atomic mass is 9.91. The fourth-order valence-corrected chi connectivity index (χ4v) is 4.24. The molecule has 2 N–H and O–H groups in total. The Balaban J connectivity index is 1.59. The van der Waals surface area contributed by atoms with E-state index < -0.39 is 0 Å². The summed E-state index contributed by atoms with van der Waals surface area (Å²) in [5, 5.41) is 3.55. The Hall–Kier alpha value is -3.67. The highest BCUT2D eigenvalue weighted by molar-refractivity contribution is 5.84. The standard InChI is InChI=1S/C24H24N6/c1-15-8-7-9-18-12-20(30(17(3)21(15)18)19-10-5-4-6-11-19)16(2)29-24-22-23(26-13-25-22)27-14-28-24/h5,7-14,16H,3-4,6H2,1-2H3,(H2,25,26,27,28,29)/t16-/m0/s1. The fraction of sp³-hybridized carbons (Fsp3) is 0.208. The van der Waals surface area contributed by atoms with E-state index in [-0.39, 0.29) is 6.04 Å². The number of aryl methyl sites for hydroxylation is 1. The maximum absolute atomic E-state index is 4.50. The summed E-state index contributed by atoms with van der Waals surface area (Å²) in [5.74, 6) is 0.736. The number of aromatic nitrogens is 4. The van der Waals surface area contributed by atoms with Crippen LogP contribution in [-0.4, -0.2) is 30.9 Å². The van der Waals surface area contributed by atoms with Crippen LogP contribution in [0.3, 0.4) is 0 Å². The van der Waals surface area contributed by atoms with E-state index in [1.54, 1.807) is 6.33 Å². The smallest absolute Gasteiger partial charge is 0.182 e. The molecule has 0 saturated heterocycles. The molecule has 6 nitrogen and oxygen atoms in total. The van der Waals surface area contributed by atoms with Gasteiger partial charge in [-0.3, -0.25) is 0 Å². The Labute approximate surface area is 175 Å². The zero-order valence-corrected chi connectivity index (χ0v) is 17.2. The summed E-state index contributed by atoms with van der Waals surface area (Å²) in [6, 6.07) is 6.37. The third-order valence-corrected chi connectivity index (χ3v) is 5.68. The molecule has 150 valence electrons. The second kappa shape index (κ2) is 7.30. The van der Waals surface area contributed by atoms with Crippen LogP contribution in [-0.2, 0) is 0 Å². The summed E-state index contributed by atoms with van der Waals surface area (Å²) >= 11 is 0. The Morgan fingerprint density at radius 3 is 2.93 bits per heavy atom. The van der Waals surface area contributed by atoms with Crippen LogP contribution in [0, 0.1) is 6.92 Å². The van der Waals surface area contributed by atoms with E-state index in [2.05, 4.69) is 93.1 Å². The lowest BCUT2D eigenvalue weighted by Gasteiger charge is -2.38. The van der Waals surface area contributed by atoms with Crippen LogP contribution in [0.1, 0.15) is 36.5 Å². The average Bonchev–Trinajstić information content (AvgIpc) is 3.24. The number of benzene rings is 1. The molecule has 6 heteroatoms. The molecule has 1 atom stereocenters. The summed E-state index contributed by atoms with van der Waals surface area (Å²) in [4.78, 5) is 18.3. The number of anilines is 1. The molecule has 1 aliphatic carbocycles. The van der Waals surface area contributed by atoms with Gasteiger partial charge in [-0.05, 0) is 50.0 Å². The van der Waals surface area contributed by atoms with Gasteiger partial charge in [-0.2, -0.15) is 0 Å². The van der Waals surface area contributed by atoms with Crippen molar-refractivity contribution in [2.45, 2.75) is 32.7 Å². The topological polar surface area (TPSA) is 69.7 Å². The highest BCUT2D eigenvalue weighted by Gasteiger charge is 2.29. The minimum atomic E-state index is -0.0203. The SMILES string of the molecule is C=C1c2c(C)cccc2C=C([C@H](C)Nc2ncnc3nc[nH]c23)N1C1=CCCC=C1. The number of fused-ring (bicyclic) bond motifs is 2. The Morgan fingerprint density at radius 1 is 1.20 bits per heavy atom. The molecule has 0 bridgehead atoms. The molecule has 5 rings (SSSR count). The molecule has 1 aliphatic heterocycles. The summed E-state index contributed by atoms with van der Waals surface area (Å²) in [6.45, 7) is 8.78. The van der Waals surface area contributed by atoms with Gasteiger partial charge in [0, 0.05) is 22.7 Å². The number of imidazole rings is 1. The molecular formula is C24H24N6. The first-order chi connectivity index (χ1) is 14.6. The predicted molar refractivity (Wildman–Crippen MR) is 121 cm³/mol. The van der Waals surface area contributed by atoms with Crippen LogP contribution >= 0.6 is 0 Å². The number of aromatic amines is 1. The molecule has 3 heterocycles. The third kappa shape index (κ3) is 3.01. The van der Waals surface area contributed by atoms with Gasteiger partial charge in [0.25, 0.3) is 0 Å². The largest absolute Gasteiger partial charge is 0.360 e. The van der Waals surface area contributed by atoms with Crippen molar-refractivity contribution in [3.05, 3.63) is 83.7 Å². The van der Waals surface area contributed by atoms with Gasteiger partial charge in [-0.1, -0.05) is 36.9 Å². The number of rotatable bonds is 4. The highest BCUT2D eigenvalue weighted by atomic mass is 15.2. The van der Waals surface area contributed by atoms with Gasteiger partial charge in [-0.15, -0.1) is 0 Å². The molecule has 30 heavy (non-hydrogen) atoms. The second-order valence-electron chi connectivity index (χ2n) is 7.69. The van der Waals surface area contributed by atoms with Crippen LogP contribution in [0.15, 0.2) is 67.1 Å². The number of nitrogens with one attached hydrogen (secondary N) is 2. The normalized spacial score (nSPS) is 16.9. The molecule has 0 fully saturated rings. The maximum Gasteiger partial charge on any atom is 0.182 e. The molecule has 2 aromatic heterocycles. The average molecular weight is 396 g/mol. The molecule has 0 radical (unpaired) electrons. The quantitative estimate of drug-likeness (QED) is 0.648. The van der Waals surface area contributed by atoms with E-state index in [1.165, 1.54) is 23.0 Å². The third-order valence-electron chi connectivity index (χ3n) is 5.68. The Kier molecular flexibility index (Phi) is 4.47. The summed E-state index contributed by atoms with van der Waals surface area (Å²) in [5.41, 5.74) is 8.37. The second-order valence-corrected chi connectivity index (χ2v) is 7.69. The van der Waals surface area contributed by atoms with Crippen LogP contribution in [0.2, 0.25) is 0 Å². The van der Waals surface area contributed by atoms with Gasteiger partial charge in [0.05, 0.1) is 12.4 Å². The van der Waals surface area contributed by atoms with Crippen molar-refractivity contribution in [3.8, 4) is 0 Å². The van der Waals surface area contributed by atoms with Crippen LogP contribution < -0.4 is 5.32 Å². The van der Waals surface area contributed by atoms with Crippen molar-refractivity contribution in [2.75, 3.05) is 5.32 Å². The zero-order chi connectivity index (χ0) is 20.7. The molecule has 0 spiro atoms. The Morgan fingerprint density at radius 2 is 2.10 bits per heavy atom. The first-order valence-corrected chi connectivity index (χ1v) is 10.2. The molecule has 0 saturated carbocycles. The monoisotopic (exact) mass is 396 g/mol. The van der Waals surface area contributed by atoms with E-state index in [0.717, 1.165) is 41.3 Å². The van der Waals surface area contributed by atoms with Crippen molar-refractivity contribution < 1.29 is 0 Å². The number of allylic oxidation sites excluding steroid dienone is 3. The van der Waals surface area contributed by atoms with Crippen molar-refractivity contribution in [3.63, 3.8) is 0 Å². The minimum Gasteiger partial charge on any atom is -0.360 e. The lowest BCUT2D eigenvalue weighted by molar-refractivity contribution is 0.567. The highest BCUT2D eigenvalue weighted by Crippen LogP contribution is 2.39. The van der Waals surface area contributed by atoms with Gasteiger partial charge < -0.3 is 15.2 Å². The number of nitrogens with zero attached hydrogens (tertiary/aromatic N) is 4. The number of hydrogen-bond donors (Lipinski definition) is 2. The van der Waals surface area contributed by atoms with Crippen LogP contribution in [0.25, 0.3) is 22.9 Å². The Bertz CT molecular complexity index is 1230. The van der Waals surface area contributed by atoms with Crippen LogP contribution in [0.5, 0.6) is 0 Å². The summed E-state index contributed by atoms with van der Waals surface area (Å²) in [7, 11) is 0. The van der Waals surface area contributed by atoms with Crippen molar-refractivity contribution in [1.29, 1.82) is 0 Å². The van der Waals surface area contributed by atoms with Crippen molar-refractivity contribution in [1.82, 2.24) is 24.8 Å². The van der Waals surface area contributed by atoms with Gasteiger partial charge in [0.15, 0.2) is 11.5 Å². The number of H-pyrrole nitrogens is 1. The van der Waals surface area contributed by atoms with Crippen molar-refractivity contribution >= 4 is 28.8 Å². The lowest BCUT2D eigenvalue weighted by Crippen LogP contribution is -2.33. The van der Waals surface area contributed by atoms with E-state index in [1.807, 2.05) is 0 Å². The van der Waals surface area contributed by atoms with Gasteiger partial charge >= 0.3 is 0 Å².